The standard InChI is InChI=1S/6C10H8N3.2Ce/c6*1-3-7-11-9(5-1)13-10-6-2-4-8-12-10;;/h6*1-8H;;/q6*-1;2*+3. The van der Waals surface area contributed by atoms with Crippen LogP contribution in [-0.2, 0) is 0 Å². The summed E-state index contributed by atoms with van der Waals surface area (Å²) in [5.41, 5.74) is 1.36. The normalized spacial score (nSPS) is 9.95. The van der Waals surface area contributed by atoms with E-state index in [4.69, 9.17) is 0 Å². The molecule has 80 heavy (non-hydrogen) atoms. The molecule has 12 aromatic heterocycles. The largest absolute Gasteiger partial charge is 3.00 e. The van der Waals surface area contributed by atoms with Gasteiger partial charge in [0.25, 0.3) is 0 Å². The molecule has 0 atom stereocenters. The first-order valence-corrected chi connectivity index (χ1v) is 23.9. The summed E-state index contributed by atoms with van der Waals surface area (Å²) >= 11 is 0. The van der Waals surface area contributed by atoms with Gasteiger partial charge < -0.3 is 81.1 Å². The van der Waals surface area contributed by atoms with Crippen molar-refractivity contribution in [1.29, 1.82) is 0 Å². The fourth-order valence-corrected chi connectivity index (χ4v) is 5.74. The Morgan fingerprint density at radius 3 is 0.588 bits per heavy atom. The van der Waals surface area contributed by atoms with E-state index in [0.29, 0.717) is 69.2 Å². The van der Waals surface area contributed by atoms with Crippen molar-refractivity contribution in [2.24, 2.45) is 9.98 Å². The van der Waals surface area contributed by atoms with Crippen molar-refractivity contribution in [1.82, 2.24) is 59.8 Å². The monoisotopic (exact) mass is 1300 g/mol. The van der Waals surface area contributed by atoms with Gasteiger partial charge in [-0.3, -0.25) is 9.97 Å². The smallest absolute Gasteiger partial charge is 0.443 e. The summed E-state index contributed by atoms with van der Waals surface area (Å²) in [5.74, 6) is 6.82. The third kappa shape index (κ3) is 26.1. The zero-order valence-corrected chi connectivity index (χ0v) is 49.0. The Morgan fingerprint density at radius 1 is 0.225 bits per heavy atom. The van der Waals surface area contributed by atoms with Gasteiger partial charge in [0, 0.05) is 58.9 Å². The second-order valence-corrected chi connectivity index (χ2v) is 14.9. The van der Waals surface area contributed by atoms with Crippen LogP contribution in [0.1, 0.15) is 0 Å². The van der Waals surface area contributed by atoms with E-state index < -0.39 is 0 Å². The molecule has 0 saturated heterocycles. The summed E-state index contributed by atoms with van der Waals surface area (Å²) in [5, 5.41) is 16.9. The maximum absolute atomic E-state index is 4.22. The van der Waals surface area contributed by atoms with E-state index in [9.17, 15) is 0 Å². The molecule has 0 amide bonds. The third-order valence-electron chi connectivity index (χ3n) is 9.17. The van der Waals surface area contributed by atoms with E-state index in [1.807, 2.05) is 218 Å². The number of hydrogen-bond donors (Lipinski definition) is 0. The first-order valence-electron chi connectivity index (χ1n) is 23.9. The van der Waals surface area contributed by atoms with Crippen molar-refractivity contribution in [2.75, 3.05) is 0 Å². The topological polar surface area (TPSA) is 238 Å². The molecule has 12 aromatic rings. The molecule has 0 aromatic carbocycles. The van der Waals surface area contributed by atoms with Crippen molar-refractivity contribution in [2.45, 2.75) is 0 Å². The summed E-state index contributed by atoms with van der Waals surface area (Å²) in [4.78, 5) is 57.2. The molecule has 0 spiro atoms. The Hall–Kier alpha value is -8.65. The molecule has 0 aliphatic rings. The Labute approximate surface area is 530 Å². The van der Waals surface area contributed by atoms with Gasteiger partial charge in [0.05, 0.1) is 11.6 Å². The van der Waals surface area contributed by atoms with Crippen molar-refractivity contribution in [3.8, 4) is 0 Å². The van der Waals surface area contributed by atoms with E-state index in [-0.39, 0.29) is 83.5 Å². The Balaban J connectivity index is 0.000000176. The average Bonchev–Trinajstić information content (AvgIpc) is 3.51. The Bertz CT molecular complexity index is 2970. The van der Waals surface area contributed by atoms with Crippen LogP contribution in [0.4, 0.5) is 58.2 Å². The van der Waals surface area contributed by atoms with Crippen LogP contribution in [-0.4, -0.2) is 49.8 Å². The van der Waals surface area contributed by atoms with Gasteiger partial charge in [0.1, 0.15) is 0 Å². The first kappa shape index (κ1) is 62.2. The zero-order valence-electron chi connectivity index (χ0n) is 42.8. The van der Waals surface area contributed by atoms with Gasteiger partial charge in [-0.05, 0) is 122 Å². The van der Waals surface area contributed by atoms with Crippen molar-refractivity contribution in [3.63, 3.8) is 0 Å². The molecule has 0 bridgehead atoms. The minimum atomic E-state index is 0. The predicted molar refractivity (Wildman–Crippen MR) is 303 cm³/mol. The van der Waals surface area contributed by atoms with Crippen LogP contribution in [0.2, 0.25) is 0 Å². The Morgan fingerprint density at radius 2 is 0.425 bits per heavy atom. The van der Waals surface area contributed by atoms with Crippen molar-refractivity contribution < 1.29 is 83.5 Å². The van der Waals surface area contributed by atoms with Gasteiger partial charge in [-0.2, -0.15) is 0 Å². The molecule has 20 heteroatoms. The fourth-order valence-electron chi connectivity index (χ4n) is 5.74. The van der Waals surface area contributed by atoms with E-state index in [2.05, 4.69) is 91.1 Å². The van der Waals surface area contributed by atoms with E-state index >= 15 is 0 Å². The van der Waals surface area contributed by atoms with Crippen molar-refractivity contribution >= 4 is 58.2 Å². The quantitative estimate of drug-likeness (QED) is 0.124. The van der Waals surface area contributed by atoms with Gasteiger partial charge in [-0.15, -0.1) is 0 Å². The number of nitrogens with zero attached hydrogens (tertiary/aromatic N) is 18. The molecule has 2 radical (unpaired) electrons. The maximum atomic E-state index is 4.22. The molecule has 0 saturated carbocycles. The minimum absolute atomic E-state index is 0. The SMILES string of the molecule is [Ce+3].[Ce+3].c1ccc(/N=c2/cccc[n-]2)nc1.c1ccc(/N=c2/cccc[n-]2)nc1.c1ccc([N-]c2ccccn2)nc1.c1ccc([N-]c2ccccn2)nc1.c1ccc([N-]c2ccccn2)nc1.c1ccc([N-]c2ccccn2)nc1. The molecule has 0 N–H and O–H groups in total. The van der Waals surface area contributed by atoms with Crippen LogP contribution < -0.4 is 20.9 Å². The first-order chi connectivity index (χ1) is 38.7. The van der Waals surface area contributed by atoms with Crippen molar-refractivity contribution in [3.05, 3.63) is 325 Å². The third-order valence-corrected chi connectivity index (χ3v) is 9.17. The Kier molecular flexibility index (Phi) is 30.2. The fraction of sp³-hybridized carbons (Fsp3) is 0. The molecule has 0 aliphatic carbocycles. The van der Waals surface area contributed by atoms with Crippen LogP contribution in [0.15, 0.2) is 303 Å². The molecule has 0 aliphatic heterocycles. The van der Waals surface area contributed by atoms with E-state index in [0.717, 1.165) is 0 Å². The molecule has 12 heterocycles. The summed E-state index contributed by atoms with van der Waals surface area (Å²) in [6, 6.07) is 67.2. The molecule has 18 nitrogen and oxygen atoms in total. The average molecular weight is 1300 g/mol. The predicted octanol–water partition coefficient (Wildman–Crippen LogP) is 13.8. The van der Waals surface area contributed by atoms with Crippen LogP contribution in [0.25, 0.3) is 21.3 Å². The zero-order chi connectivity index (χ0) is 53.6. The van der Waals surface area contributed by atoms with Gasteiger partial charge in [0.15, 0.2) is 0 Å². The second-order valence-electron chi connectivity index (χ2n) is 14.9. The van der Waals surface area contributed by atoms with Crippen LogP contribution >= 0.6 is 0 Å². The van der Waals surface area contributed by atoms with Gasteiger partial charge >= 0.3 is 83.5 Å². The maximum Gasteiger partial charge on any atom is 3.00 e. The molecule has 12 rings (SSSR count). The van der Waals surface area contributed by atoms with Crippen LogP contribution in [0.3, 0.4) is 0 Å². The van der Waals surface area contributed by atoms with Crippen LogP contribution in [0, 0.1) is 83.5 Å². The molecular formula is C60H48Ce2N18. The molecule has 386 valence electrons. The molecule has 0 unspecified atom stereocenters. The summed E-state index contributed by atoms with van der Waals surface area (Å²) in [6.45, 7) is 0. The number of hydrogen-bond acceptors (Lipinski definition) is 12. The van der Waals surface area contributed by atoms with E-state index in [1.54, 1.807) is 74.4 Å². The second kappa shape index (κ2) is 38.8. The number of aromatic nitrogens is 12. The van der Waals surface area contributed by atoms with Gasteiger partial charge in [0.2, 0.25) is 0 Å². The summed E-state index contributed by atoms with van der Waals surface area (Å²) in [7, 11) is 0. The summed E-state index contributed by atoms with van der Waals surface area (Å²) < 4.78 is 0. The molecule has 0 fully saturated rings. The van der Waals surface area contributed by atoms with E-state index in [1.165, 1.54) is 0 Å². The minimum Gasteiger partial charge on any atom is -0.443 e. The summed E-state index contributed by atoms with van der Waals surface area (Å²) in [6.07, 6.45) is 20.5. The number of pyridine rings is 12. The van der Waals surface area contributed by atoms with Gasteiger partial charge in [-0.1, -0.05) is 169 Å². The number of rotatable bonds is 10. The van der Waals surface area contributed by atoms with Gasteiger partial charge in [-0.25, -0.2) is 0 Å². The van der Waals surface area contributed by atoms with Crippen LogP contribution in [0.5, 0.6) is 0 Å². The molecular weight excluding hydrogens is 1250 g/mol.